The van der Waals surface area contributed by atoms with Crippen LogP contribution in [0.25, 0.3) is 0 Å². The first-order valence-corrected chi connectivity index (χ1v) is 6.53. The minimum absolute atomic E-state index is 0.0787. The van der Waals surface area contributed by atoms with E-state index in [1.165, 1.54) is 0 Å². The van der Waals surface area contributed by atoms with Gasteiger partial charge >= 0.3 is 0 Å². The van der Waals surface area contributed by atoms with E-state index < -0.39 is 0 Å². The molecule has 1 rings (SSSR count). The van der Waals surface area contributed by atoms with Crippen molar-refractivity contribution in [3.05, 3.63) is 23.4 Å². The Balaban J connectivity index is 2.94. The molecule has 0 saturated carbocycles. The number of pyridine rings is 1. The van der Waals surface area contributed by atoms with E-state index in [0.29, 0.717) is 11.4 Å². The fourth-order valence-corrected chi connectivity index (χ4v) is 1.70. The highest BCUT2D eigenvalue weighted by Crippen LogP contribution is 2.16. The molecule has 3 N–H and O–H groups in total. The SMILES string of the molecule is CCc1cc(C(=O)NC(C)(CC)CC)cc(N)n1. The van der Waals surface area contributed by atoms with Crippen LogP contribution in [0.15, 0.2) is 12.1 Å². The molecule has 0 fully saturated rings. The van der Waals surface area contributed by atoms with Gasteiger partial charge in [0.05, 0.1) is 0 Å². The second-order valence-electron chi connectivity index (χ2n) is 4.85. The number of aryl methyl sites for hydroxylation is 1. The van der Waals surface area contributed by atoms with Gasteiger partial charge in [0.25, 0.3) is 5.91 Å². The van der Waals surface area contributed by atoms with Crippen LogP contribution in [0.3, 0.4) is 0 Å². The molecule has 1 aromatic heterocycles. The standard InChI is InChI=1S/C14H23N3O/c1-5-11-8-10(9-12(15)16-11)13(18)17-14(4,6-2)7-3/h8-9H,5-7H2,1-4H3,(H2,15,16)(H,17,18). The Morgan fingerprint density at radius 2 is 1.94 bits per heavy atom. The molecule has 0 aromatic carbocycles. The zero-order valence-corrected chi connectivity index (χ0v) is 11.7. The van der Waals surface area contributed by atoms with Crippen LogP contribution in [0.2, 0.25) is 0 Å². The predicted octanol–water partition coefficient (Wildman–Crippen LogP) is 2.53. The molecule has 0 aliphatic carbocycles. The first-order valence-electron chi connectivity index (χ1n) is 6.53. The number of amides is 1. The van der Waals surface area contributed by atoms with Crippen molar-refractivity contribution in [2.24, 2.45) is 0 Å². The first-order chi connectivity index (χ1) is 8.44. The van der Waals surface area contributed by atoms with Crippen LogP contribution in [0.1, 0.15) is 56.6 Å². The summed E-state index contributed by atoms with van der Waals surface area (Å²) in [6.07, 6.45) is 2.57. The van der Waals surface area contributed by atoms with Crippen molar-refractivity contribution in [3.63, 3.8) is 0 Å². The predicted molar refractivity (Wildman–Crippen MR) is 74.5 cm³/mol. The van der Waals surface area contributed by atoms with Gasteiger partial charge in [-0.25, -0.2) is 4.98 Å². The molecule has 100 valence electrons. The second-order valence-corrected chi connectivity index (χ2v) is 4.85. The maximum absolute atomic E-state index is 12.2. The summed E-state index contributed by atoms with van der Waals surface area (Å²) >= 11 is 0. The summed E-state index contributed by atoms with van der Waals surface area (Å²) in [5, 5.41) is 3.07. The average Bonchev–Trinajstić information content (AvgIpc) is 2.37. The Kier molecular flexibility index (Phi) is 4.70. The van der Waals surface area contributed by atoms with E-state index in [2.05, 4.69) is 31.1 Å². The van der Waals surface area contributed by atoms with E-state index in [4.69, 9.17) is 5.73 Å². The fourth-order valence-electron chi connectivity index (χ4n) is 1.70. The number of nitrogens with zero attached hydrogens (tertiary/aromatic N) is 1. The highest BCUT2D eigenvalue weighted by molar-refractivity contribution is 5.95. The van der Waals surface area contributed by atoms with E-state index in [0.717, 1.165) is 25.0 Å². The lowest BCUT2D eigenvalue weighted by atomic mass is 9.95. The van der Waals surface area contributed by atoms with Gasteiger partial charge in [-0.05, 0) is 38.3 Å². The third kappa shape index (κ3) is 3.45. The average molecular weight is 249 g/mol. The molecular formula is C14H23N3O. The van der Waals surface area contributed by atoms with Crippen LogP contribution < -0.4 is 11.1 Å². The lowest BCUT2D eigenvalue weighted by Crippen LogP contribution is -2.45. The van der Waals surface area contributed by atoms with Crippen molar-refractivity contribution >= 4 is 11.7 Å². The molecular weight excluding hydrogens is 226 g/mol. The Labute approximate surface area is 109 Å². The zero-order valence-electron chi connectivity index (χ0n) is 11.7. The number of hydrogen-bond donors (Lipinski definition) is 2. The summed E-state index contributed by atoms with van der Waals surface area (Å²) in [5.74, 6) is 0.319. The third-order valence-corrected chi connectivity index (χ3v) is 3.50. The number of aromatic nitrogens is 1. The normalized spacial score (nSPS) is 11.3. The molecule has 0 radical (unpaired) electrons. The Morgan fingerprint density at radius 1 is 1.33 bits per heavy atom. The van der Waals surface area contributed by atoms with Gasteiger partial charge in [-0.2, -0.15) is 0 Å². The highest BCUT2D eigenvalue weighted by Gasteiger charge is 2.22. The Hall–Kier alpha value is -1.58. The molecule has 0 atom stereocenters. The number of nitrogens with one attached hydrogen (secondary N) is 1. The van der Waals surface area contributed by atoms with Crippen LogP contribution in [0, 0.1) is 0 Å². The van der Waals surface area contributed by atoms with Crippen LogP contribution in [-0.4, -0.2) is 16.4 Å². The summed E-state index contributed by atoms with van der Waals surface area (Å²) in [6.45, 7) is 8.19. The van der Waals surface area contributed by atoms with Gasteiger partial charge in [-0.3, -0.25) is 4.79 Å². The van der Waals surface area contributed by atoms with Crippen molar-refractivity contribution < 1.29 is 4.79 Å². The van der Waals surface area contributed by atoms with E-state index in [1.807, 2.05) is 6.92 Å². The fraction of sp³-hybridized carbons (Fsp3) is 0.571. The van der Waals surface area contributed by atoms with Crippen molar-refractivity contribution in [3.8, 4) is 0 Å². The molecule has 0 bridgehead atoms. The van der Waals surface area contributed by atoms with Gasteiger partial charge in [0.15, 0.2) is 0 Å². The van der Waals surface area contributed by atoms with E-state index >= 15 is 0 Å². The minimum Gasteiger partial charge on any atom is -0.384 e. The van der Waals surface area contributed by atoms with Gasteiger partial charge in [-0.1, -0.05) is 20.8 Å². The van der Waals surface area contributed by atoms with Crippen molar-refractivity contribution in [1.82, 2.24) is 10.3 Å². The molecule has 1 amide bonds. The maximum atomic E-state index is 12.2. The Bertz CT molecular complexity index is 425. The summed E-state index contributed by atoms with van der Waals surface area (Å²) in [7, 11) is 0. The lowest BCUT2D eigenvalue weighted by molar-refractivity contribution is 0.0901. The molecule has 0 aliphatic rings. The molecule has 0 aliphatic heterocycles. The number of carbonyl (C=O) groups is 1. The lowest BCUT2D eigenvalue weighted by Gasteiger charge is -2.28. The number of rotatable bonds is 5. The molecule has 1 heterocycles. The number of nitrogen functional groups attached to an aromatic ring is 1. The number of anilines is 1. The van der Waals surface area contributed by atoms with E-state index in [-0.39, 0.29) is 11.4 Å². The van der Waals surface area contributed by atoms with Gasteiger partial charge < -0.3 is 11.1 Å². The summed E-state index contributed by atoms with van der Waals surface area (Å²) in [5.41, 5.74) is 6.98. The molecule has 0 spiro atoms. The van der Waals surface area contributed by atoms with Crippen molar-refractivity contribution in [2.75, 3.05) is 5.73 Å². The summed E-state index contributed by atoms with van der Waals surface area (Å²) in [4.78, 5) is 16.4. The smallest absolute Gasteiger partial charge is 0.251 e. The first kappa shape index (κ1) is 14.5. The quantitative estimate of drug-likeness (QED) is 0.842. The van der Waals surface area contributed by atoms with Crippen LogP contribution in [0.5, 0.6) is 0 Å². The van der Waals surface area contributed by atoms with Crippen LogP contribution in [-0.2, 0) is 6.42 Å². The zero-order chi connectivity index (χ0) is 13.8. The van der Waals surface area contributed by atoms with Gasteiger partial charge in [0, 0.05) is 16.8 Å². The molecule has 18 heavy (non-hydrogen) atoms. The molecule has 4 heteroatoms. The summed E-state index contributed by atoms with van der Waals surface area (Å²) < 4.78 is 0. The molecule has 4 nitrogen and oxygen atoms in total. The molecule has 1 aromatic rings. The highest BCUT2D eigenvalue weighted by atomic mass is 16.1. The summed E-state index contributed by atoms with van der Waals surface area (Å²) in [6, 6.07) is 3.43. The number of nitrogens with two attached hydrogens (primary N) is 1. The van der Waals surface area contributed by atoms with E-state index in [1.54, 1.807) is 12.1 Å². The second kappa shape index (κ2) is 5.85. The van der Waals surface area contributed by atoms with Crippen LogP contribution >= 0.6 is 0 Å². The van der Waals surface area contributed by atoms with Gasteiger partial charge in [0.1, 0.15) is 5.82 Å². The van der Waals surface area contributed by atoms with Crippen molar-refractivity contribution in [1.29, 1.82) is 0 Å². The topological polar surface area (TPSA) is 68.0 Å². The van der Waals surface area contributed by atoms with Crippen molar-refractivity contribution in [2.45, 2.75) is 52.5 Å². The third-order valence-electron chi connectivity index (χ3n) is 3.50. The van der Waals surface area contributed by atoms with E-state index in [9.17, 15) is 4.79 Å². The number of carbonyl (C=O) groups excluding carboxylic acids is 1. The number of hydrogen-bond acceptors (Lipinski definition) is 3. The van der Waals surface area contributed by atoms with Gasteiger partial charge in [0.2, 0.25) is 0 Å². The van der Waals surface area contributed by atoms with Crippen LogP contribution in [0.4, 0.5) is 5.82 Å². The largest absolute Gasteiger partial charge is 0.384 e. The molecule has 0 unspecified atom stereocenters. The maximum Gasteiger partial charge on any atom is 0.251 e. The minimum atomic E-state index is -0.165. The Morgan fingerprint density at radius 3 is 2.44 bits per heavy atom. The molecule has 0 saturated heterocycles. The van der Waals surface area contributed by atoms with Gasteiger partial charge in [-0.15, -0.1) is 0 Å². The monoisotopic (exact) mass is 249 g/mol.